The van der Waals surface area contributed by atoms with E-state index >= 15 is 0 Å². The number of nitrogens with two attached hydrogens (primary N) is 1. The van der Waals surface area contributed by atoms with Gasteiger partial charge in [-0.15, -0.1) is 0 Å². The number of hydrogen-bond donors (Lipinski definition) is 3. The highest BCUT2D eigenvalue weighted by Gasteiger charge is 2.13. The summed E-state index contributed by atoms with van der Waals surface area (Å²) < 4.78 is 32.3. The van der Waals surface area contributed by atoms with Crippen LogP contribution in [-0.2, 0) is 4.84 Å². The summed E-state index contributed by atoms with van der Waals surface area (Å²) in [7, 11) is 1.36. The summed E-state index contributed by atoms with van der Waals surface area (Å²) >= 11 is 6.20. The van der Waals surface area contributed by atoms with Crippen molar-refractivity contribution in [2.24, 2.45) is 5.16 Å². The van der Waals surface area contributed by atoms with E-state index in [4.69, 9.17) is 22.1 Å². The van der Waals surface area contributed by atoms with E-state index in [1.807, 2.05) is 0 Å². The Morgan fingerprint density at radius 3 is 2.61 bits per heavy atom. The lowest BCUT2D eigenvalue weighted by Gasteiger charge is -2.12. The number of hydrogen-bond acceptors (Lipinski definition) is 7. The number of aromatic nitrogens is 2. The maximum Gasteiger partial charge on any atom is 0.323 e. The number of nitrogens with zero attached hydrogens (tertiary/aromatic N) is 3. The Morgan fingerprint density at radius 2 is 1.90 bits per heavy atom. The first-order valence-corrected chi connectivity index (χ1v) is 8.92. The minimum Gasteiger partial charge on any atom is -0.438 e. The quantitative estimate of drug-likeness (QED) is 0.379. The molecule has 0 bridgehead atoms. The van der Waals surface area contributed by atoms with Gasteiger partial charge in [-0.25, -0.2) is 23.5 Å². The molecular formula is C19H15ClF2N6O3. The highest BCUT2D eigenvalue weighted by molar-refractivity contribution is 6.34. The predicted molar refractivity (Wildman–Crippen MR) is 112 cm³/mol. The molecule has 3 rings (SSSR count). The van der Waals surface area contributed by atoms with Crippen molar-refractivity contribution < 1.29 is 23.1 Å². The lowest BCUT2D eigenvalue weighted by Crippen LogP contribution is -2.20. The summed E-state index contributed by atoms with van der Waals surface area (Å²) in [5.41, 5.74) is 6.12. The van der Waals surface area contributed by atoms with Crippen LogP contribution in [0.4, 0.5) is 30.8 Å². The number of amides is 2. The molecule has 0 spiro atoms. The Kier molecular flexibility index (Phi) is 6.78. The minimum absolute atomic E-state index is 0.106. The number of nitrogens with one attached hydrogen (secondary N) is 2. The summed E-state index contributed by atoms with van der Waals surface area (Å²) in [4.78, 5) is 24.6. The van der Waals surface area contributed by atoms with Crippen molar-refractivity contribution >= 4 is 41.0 Å². The molecule has 160 valence electrons. The van der Waals surface area contributed by atoms with Gasteiger partial charge in [-0.3, -0.25) is 0 Å². The molecule has 0 radical (unpaired) electrons. The Balaban J connectivity index is 1.73. The van der Waals surface area contributed by atoms with Gasteiger partial charge in [-0.05, 0) is 24.3 Å². The smallest absolute Gasteiger partial charge is 0.323 e. The third kappa shape index (κ3) is 5.54. The summed E-state index contributed by atoms with van der Waals surface area (Å²) in [6.07, 6.45) is 2.51. The second kappa shape index (κ2) is 9.67. The molecule has 0 unspecified atom stereocenters. The Bertz CT molecular complexity index is 1150. The number of halogens is 3. The van der Waals surface area contributed by atoms with Crippen molar-refractivity contribution in [1.82, 2.24) is 9.97 Å². The molecule has 0 fully saturated rings. The molecule has 2 amide bonds. The van der Waals surface area contributed by atoms with Crippen molar-refractivity contribution in [2.45, 2.75) is 0 Å². The fourth-order valence-electron chi connectivity index (χ4n) is 2.34. The first-order chi connectivity index (χ1) is 14.9. The number of benzene rings is 2. The van der Waals surface area contributed by atoms with Gasteiger partial charge in [0.2, 0.25) is 5.88 Å². The largest absolute Gasteiger partial charge is 0.438 e. The van der Waals surface area contributed by atoms with Gasteiger partial charge >= 0.3 is 6.03 Å². The van der Waals surface area contributed by atoms with Gasteiger partial charge in [0.05, 0.1) is 22.6 Å². The zero-order chi connectivity index (χ0) is 22.4. The standard InChI is InChI=1S/C19H15ClF2N6O3/c1-30-26-8-12-17(23)24-9-25-18(12)31-11-3-5-15(13(20)7-11)27-19(29)28-16-4-2-10(21)6-14(16)22/h2-9H,1H3,(H2,23,24,25)(H2,27,28,29). The molecule has 12 heteroatoms. The fourth-order valence-corrected chi connectivity index (χ4v) is 2.56. The van der Waals surface area contributed by atoms with Gasteiger partial charge < -0.3 is 25.9 Å². The van der Waals surface area contributed by atoms with Crippen molar-refractivity contribution in [3.63, 3.8) is 0 Å². The number of carbonyl (C=O) groups excluding carboxylic acids is 1. The number of urea groups is 1. The average molecular weight is 449 g/mol. The highest BCUT2D eigenvalue weighted by atomic mass is 35.5. The Labute approximate surface area is 179 Å². The predicted octanol–water partition coefficient (Wildman–Crippen LogP) is 4.41. The summed E-state index contributed by atoms with van der Waals surface area (Å²) in [6.45, 7) is 0. The molecule has 1 heterocycles. The molecule has 2 aromatic carbocycles. The van der Waals surface area contributed by atoms with Crippen molar-refractivity contribution in [3.8, 4) is 11.6 Å². The topological polar surface area (TPSA) is 124 Å². The van der Waals surface area contributed by atoms with Gasteiger partial charge in [-0.2, -0.15) is 0 Å². The number of anilines is 3. The fraction of sp³-hybridized carbons (Fsp3) is 0.0526. The summed E-state index contributed by atoms with van der Waals surface area (Å²) in [5.74, 6) is -1.16. The maximum atomic E-state index is 13.7. The average Bonchev–Trinajstić information content (AvgIpc) is 2.72. The van der Waals surface area contributed by atoms with Crippen LogP contribution in [0.2, 0.25) is 5.02 Å². The summed E-state index contributed by atoms with van der Waals surface area (Å²) in [5, 5.41) is 8.47. The molecule has 0 aliphatic heterocycles. The van der Waals surface area contributed by atoms with Crippen LogP contribution in [0, 0.1) is 11.6 Å². The normalized spacial score (nSPS) is 10.7. The second-order valence-electron chi connectivity index (χ2n) is 5.84. The van der Waals surface area contributed by atoms with E-state index < -0.39 is 17.7 Å². The molecule has 0 atom stereocenters. The van der Waals surface area contributed by atoms with Gasteiger partial charge in [0.25, 0.3) is 0 Å². The number of rotatable bonds is 6. The Hall–Kier alpha value is -3.99. The van der Waals surface area contributed by atoms with Crippen molar-refractivity contribution in [1.29, 1.82) is 0 Å². The maximum absolute atomic E-state index is 13.7. The van der Waals surface area contributed by atoms with Crippen LogP contribution in [0.5, 0.6) is 11.6 Å². The molecule has 4 N–H and O–H groups in total. The Morgan fingerprint density at radius 1 is 1.16 bits per heavy atom. The van der Waals surface area contributed by atoms with Gasteiger partial charge in [0.15, 0.2) is 0 Å². The number of nitrogen functional groups attached to an aromatic ring is 1. The van der Waals surface area contributed by atoms with Crippen molar-refractivity contribution in [2.75, 3.05) is 23.5 Å². The zero-order valence-corrected chi connectivity index (χ0v) is 16.7. The van der Waals surface area contributed by atoms with Crippen LogP contribution in [0.15, 0.2) is 47.9 Å². The van der Waals surface area contributed by atoms with Gasteiger partial charge in [0, 0.05) is 12.1 Å². The molecule has 0 aliphatic carbocycles. The molecular weight excluding hydrogens is 434 g/mol. The summed E-state index contributed by atoms with van der Waals surface area (Å²) in [6, 6.07) is 6.39. The van der Waals surface area contributed by atoms with E-state index in [9.17, 15) is 13.6 Å². The zero-order valence-electron chi connectivity index (χ0n) is 15.9. The number of carbonyl (C=O) groups is 1. The number of oxime groups is 1. The van der Waals surface area contributed by atoms with Crippen molar-refractivity contribution in [3.05, 3.63) is 64.9 Å². The van der Waals surface area contributed by atoms with Crippen LogP contribution in [-0.4, -0.2) is 29.3 Å². The first kappa shape index (κ1) is 21.7. The third-order valence-electron chi connectivity index (χ3n) is 3.75. The molecule has 0 saturated heterocycles. The molecule has 0 aliphatic rings. The second-order valence-corrected chi connectivity index (χ2v) is 6.25. The van der Waals surface area contributed by atoms with Crippen LogP contribution < -0.4 is 21.1 Å². The molecule has 9 nitrogen and oxygen atoms in total. The minimum atomic E-state index is -0.915. The van der Waals surface area contributed by atoms with E-state index in [1.165, 1.54) is 37.9 Å². The third-order valence-corrected chi connectivity index (χ3v) is 4.06. The number of ether oxygens (including phenoxy) is 1. The van der Waals surface area contributed by atoms with E-state index in [0.717, 1.165) is 12.1 Å². The van der Waals surface area contributed by atoms with Crippen LogP contribution >= 0.6 is 11.6 Å². The van der Waals surface area contributed by atoms with Crippen LogP contribution in [0.3, 0.4) is 0 Å². The van der Waals surface area contributed by atoms with E-state index in [0.29, 0.717) is 11.6 Å². The lowest BCUT2D eigenvalue weighted by molar-refractivity contribution is 0.215. The van der Waals surface area contributed by atoms with E-state index in [2.05, 4.69) is 30.6 Å². The van der Waals surface area contributed by atoms with Crippen LogP contribution in [0.25, 0.3) is 0 Å². The van der Waals surface area contributed by atoms with Gasteiger partial charge in [-0.1, -0.05) is 16.8 Å². The molecule has 31 heavy (non-hydrogen) atoms. The van der Waals surface area contributed by atoms with E-state index in [1.54, 1.807) is 0 Å². The molecule has 1 aromatic heterocycles. The SMILES string of the molecule is CON=Cc1c(N)ncnc1Oc1ccc(NC(=O)Nc2ccc(F)cc2F)c(Cl)c1. The van der Waals surface area contributed by atoms with Crippen LogP contribution in [0.1, 0.15) is 5.56 Å². The monoisotopic (exact) mass is 448 g/mol. The first-order valence-electron chi connectivity index (χ1n) is 8.55. The van der Waals surface area contributed by atoms with Gasteiger partial charge in [0.1, 0.15) is 42.2 Å². The highest BCUT2D eigenvalue weighted by Crippen LogP contribution is 2.31. The molecule has 0 saturated carbocycles. The lowest BCUT2D eigenvalue weighted by atomic mass is 10.3. The molecule has 3 aromatic rings. The van der Waals surface area contributed by atoms with E-state index in [-0.39, 0.29) is 33.8 Å².